The third-order valence-corrected chi connectivity index (χ3v) is 3.70. The molecular weight excluding hydrogens is 256 g/mol. The minimum absolute atomic E-state index is 0.00880. The second-order valence-corrected chi connectivity index (χ2v) is 5.99. The van der Waals surface area contributed by atoms with Crippen LogP contribution in [0.3, 0.4) is 0 Å². The van der Waals surface area contributed by atoms with Gasteiger partial charge in [0.1, 0.15) is 0 Å². The molecule has 0 atom stereocenters. The molecule has 19 heavy (non-hydrogen) atoms. The highest BCUT2D eigenvalue weighted by molar-refractivity contribution is 7.98. The van der Waals surface area contributed by atoms with Crippen LogP contribution in [0.5, 0.6) is 0 Å². The van der Waals surface area contributed by atoms with E-state index in [0.717, 1.165) is 30.0 Å². The molecule has 0 fully saturated rings. The van der Waals surface area contributed by atoms with Crippen LogP contribution in [0.1, 0.15) is 26.3 Å². The number of carbonyl (C=O) groups is 1. The first-order valence-electron chi connectivity index (χ1n) is 6.64. The van der Waals surface area contributed by atoms with E-state index in [4.69, 9.17) is 0 Å². The second-order valence-electron chi connectivity index (χ2n) is 5.01. The van der Waals surface area contributed by atoms with Crippen molar-refractivity contribution in [1.82, 2.24) is 5.32 Å². The van der Waals surface area contributed by atoms with Crippen LogP contribution in [0.25, 0.3) is 0 Å². The molecule has 3 nitrogen and oxygen atoms in total. The third-order valence-electron chi connectivity index (χ3n) is 3.09. The molecule has 1 aromatic rings. The van der Waals surface area contributed by atoms with E-state index in [0.29, 0.717) is 0 Å². The lowest BCUT2D eigenvalue weighted by atomic mass is 10.0. The average Bonchev–Trinajstić information content (AvgIpc) is 2.39. The quantitative estimate of drug-likeness (QED) is 0.755. The number of hydrogen-bond acceptors (Lipinski definition) is 3. The zero-order valence-corrected chi connectivity index (χ0v) is 13.1. The molecule has 0 saturated heterocycles. The maximum atomic E-state index is 12.3. The van der Waals surface area contributed by atoms with Crippen LogP contribution in [0.2, 0.25) is 0 Å². The summed E-state index contributed by atoms with van der Waals surface area (Å²) < 4.78 is 0. The van der Waals surface area contributed by atoms with Gasteiger partial charge in [0.05, 0.1) is 5.54 Å². The number of hydrogen-bond donors (Lipinski definition) is 2. The molecule has 0 heterocycles. The van der Waals surface area contributed by atoms with Gasteiger partial charge in [-0.25, -0.2) is 0 Å². The molecule has 0 bridgehead atoms. The van der Waals surface area contributed by atoms with Gasteiger partial charge < -0.3 is 10.6 Å². The summed E-state index contributed by atoms with van der Waals surface area (Å²) >= 11 is 1.77. The molecule has 0 radical (unpaired) electrons. The van der Waals surface area contributed by atoms with Gasteiger partial charge >= 0.3 is 0 Å². The molecule has 2 N–H and O–H groups in total. The summed E-state index contributed by atoms with van der Waals surface area (Å²) in [4.78, 5) is 12.3. The van der Waals surface area contributed by atoms with Crippen molar-refractivity contribution in [2.75, 3.05) is 23.9 Å². The zero-order valence-electron chi connectivity index (χ0n) is 12.2. The lowest BCUT2D eigenvalue weighted by Crippen LogP contribution is -2.50. The number of rotatable bonds is 7. The van der Waals surface area contributed by atoms with Crippen molar-refractivity contribution in [3.8, 4) is 0 Å². The Morgan fingerprint density at radius 3 is 2.63 bits per heavy atom. The van der Waals surface area contributed by atoms with E-state index in [-0.39, 0.29) is 5.91 Å². The van der Waals surface area contributed by atoms with E-state index in [1.54, 1.807) is 11.8 Å². The Kier molecular flexibility index (Phi) is 6.38. The first-order valence-corrected chi connectivity index (χ1v) is 8.04. The summed E-state index contributed by atoms with van der Waals surface area (Å²) in [5.74, 6) is 1.01. The zero-order chi connectivity index (χ0) is 14.3. The maximum absolute atomic E-state index is 12.3. The summed E-state index contributed by atoms with van der Waals surface area (Å²) in [6.07, 6.45) is 2.98. The normalized spacial score (nSPS) is 11.4. The number of thioether (sulfide) groups is 1. The van der Waals surface area contributed by atoms with Crippen LogP contribution in [0.15, 0.2) is 24.3 Å². The van der Waals surface area contributed by atoms with E-state index in [2.05, 4.69) is 23.8 Å². The highest BCUT2D eigenvalue weighted by atomic mass is 32.2. The average molecular weight is 280 g/mol. The number of para-hydroxylation sites is 1. The Morgan fingerprint density at radius 2 is 2.00 bits per heavy atom. The Hall–Kier alpha value is -1.000. The molecule has 0 aliphatic heterocycles. The Bertz CT molecular complexity index is 418. The molecule has 0 spiro atoms. The predicted octanol–water partition coefficient (Wildman–Crippen LogP) is 2.92. The number of benzene rings is 1. The SMILES string of the molecule is CCc1ccccc1NC(=O)C(C)(C)NCCSC. The van der Waals surface area contributed by atoms with Gasteiger partial charge in [0, 0.05) is 18.0 Å². The monoisotopic (exact) mass is 280 g/mol. The van der Waals surface area contributed by atoms with Gasteiger partial charge in [-0.05, 0) is 38.2 Å². The first kappa shape index (κ1) is 16.1. The van der Waals surface area contributed by atoms with Gasteiger partial charge in [-0.1, -0.05) is 25.1 Å². The highest BCUT2D eigenvalue weighted by Crippen LogP contribution is 2.17. The van der Waals surface area contributed by atoms with Crippen LogP contribution in [0, 0.1) is 0 Å². The number of nitrogens with one attached hydrogen (secondary N) is 2. The number of carbonyl (C=O) groups excluding carboxylic acids is 1. The summed E-state index contributed by atoms with van der Waals surface area (Å²) in [5.41, 5.74) is 1.52. The van der Waals surface area contributed by atoms with Crippen molar-refractivity contribution >= 4 is 23.4 Å². The highest BCUT2D eigenvalue weighted by Gasteiger charge is 2.26. The smallest absolute Gasteiger partial charge is 0.244 e. The molecule has 0 aliphatic rings. The van der Waals surface area contributed by atoms with E-state index < -0.39 is 5.54 Å². The number of amides is 1. The largest absolute Gasteiger partial charge is 0.324 e. The van der Waals surface area contributed by atoms with Gasteiger partial charge in [-0.3, -0.25) is 4.79 Å². The van der Waals surface area contributed by atoms with Crippen molar-refractivity contribution in [3.63, 3.8) is 0 Å². The Labute approximate surface area is 120 Å². The van der Waals surface area contributed by atoms with Crippen LogP contribution < -0.4 is 10.6 Å². The van der Waals surface area contributed by atoms with E-state index >= 15 is 0 Å². The lowest BCUT2D eigenvalue weighted by Gasteiger charge is -2.25. The molecule has 0 aromatic heterocycles. The van der Waals surface area contributed by atoms with Crippen molar-refractivity contribution in [3.05, 3.63) is 29.8 Å². The molecule has 1 amide bonds. The Balaban J connectivity index is 2.67. The number of anilines is 1. The second kappa shape index (κ2) is 7.56. The van der Waals surface area contributed by atoms with Gasteiger partial charge in [-0.15, -0.1) is 0 Å². The van der Waals surface area contributed by atoms with Crippen molar-refractivity contribution in [1.29, 1.82) is 0 Å². The van der Waals surface area contributed by atoms with E-state index in [1.807, 2.05) is 38.1 Å². The minimum Gasteiger partial charge on any atom is -0.324 e. The predicted molar refractivity (Wildman–Crippen MR) is 84.9 cm³/mol. The molecule has 0 unspecified atom stereocenters. The molecule has 1 aromatic carbocycles. The summed E-state index contributed by atoms with van der Waals surface area (Å²) in [6.45, 7) is 6.75. The van der Waals surface area contributed by atoms with Crippen LogP contribution in [-0.2, 0) is 11.2 Å². The summed E-state index contributed by atoms with van der Waals surface area (Å²) in [5, 5.41) is 6.30. The topological polar surface area (TPSA) is 41.1 Å². The molecule has 106 valence electrons. The van der Waals surface area contributed by atoms with Crippen molar-refractivity contribution in [2.24, 2.45) is 0 Å². The van der Waals surface area contributed by atoms with Crippen LogP contribution in [0.4, 0.5) is 5.69 Å². The number of aryl methyl sites for hydroxylation is 1. The molecule has 0 saturated carbocycles. The molecule has 1 rings (SSSR count). The lowest BCUT2D eigenvalue weighted by molar-refractivity contribution is -0.121. The fourth-order valence-corrected chi connectivity index (χ4v) is 2.08. The Morgan fingerprint density at radius 1 is 1.32 bits per heavy atom. The summed E-state index contributed by atoms with van der Waals surface area (Å²) in [6, 6.07) is 7.94. The fraction of sp³-hybridized carbons (Fsp3) is 0.533. The standard InChI is InChI=1S/C15H24N2OS/c1-5-12-8-6-7-9-13(12)17-14(18)15(2,3)16-10-11-19-4/h6-9,16H,5,10-11H2,1-4H3,(H,17,18). The summed E-state index contributed by atoms with van der Waals surface area (Å²) in [7, 11) is 0. The van der Waals surface area contributed by atoms with Crippen LogP contribution in [-0.4, -0.2) is 30.0 Å². The molecule has 0 aliphatic carbocycles. The fourth-order valence-electron chi connectivity index (χ4n) is 1.77. The maximum Gasteiger partial charge on any atom is 0.244 e. The van der Waals surface area contributed by atoms with Crippen LogP contribution >= 0.6 is 11.8 Å². The first-order chi connectivity index (χ1) is 9.01. The van der Waals surface area contributed by atoms with Gasteiger partial charge in [0.15, 0.2) is 0 Å². The molecule has 4 heteroatoms. The van der Waals surface area contributed by atoms with E-state index in [1.165, 1.54) is 0 Å². The minimum atomic E-state index is -0.559. The van der Waals surface area contributed by atoms with Gasteiger partial charge in [-0.2, -0.15) is 11.8 Å². The van der Waals surface area contributed by atoms with Gasteiger partial charge in [0.2, 0.25) is 5.91 Å². The third kappa shape index (κ3) is 4.88. The molecular formula is C15H24N2OS. The van der Waals surface area contributed by atoms with Crippen molar-refractivity contribution < 1.29 is 4.79 Å². The van der Waals surface area contributed by atoms with Gasteiger partial charge in [0.25, 0.3) is 0 Å². The van der Waals surface area contributed by atoms with E-state index in [9.17, 15) is 4.79 Å². The van der Waals surface area contributed by atoms with Crippen molar-refractivity contribution in [2.45, 2.75) is 32.7 Å².